The van der Waals surface area contributed by atoms with Crippen LogP contribution in [0, 0.1) is 24.0 Å². The highest BCUT2D eigenvalue weighted by molar-refractivity contribution is 6.02. The zero-order valence-electron chi connectivity index (χ0n) is 14.9. The fourth-order valence-electron chi connectivity index (χ4n) is 2.97. The lowest BCUT2D eigenvalue weighted by atomic mass is 10.0. The Bertz CT molecular complexity index is 854. The topological polar surface area (TPSA) is 96.3 Å². The van der Waals surface area contributed by atoms with E-state index in [-0.39, 0.29) is 23.4 Å². The maximum Gasteiger partial charge on any atom is 0.270 e. The van der Waals surface area contributed by atoms with Crippen LogP contribution < -0.4 is 0 Å². The second-order valence-corrected chi connectivity index (χ2v) is 6.13. The number of benzene rings is 1. The molecule has 2 rings (SSSR count). The zero-order chi connectivity index (χ0) is 18.9. The van der Waals surface area contributed by atoms with E-state index in [1.54, 1.807) is 40.0 Å². The van der Waals surface area contributed by atoms with Crippen LogP contribution in [0.25, 0.3) is 0 Å². The first kappa shape index (κ1) is 18.4. The quantitative estimate of drug-likeness (QED) is 0.510. The van der Waals surface area contributed by atoms with Crippen molar-refractivity contribution in [2.24, 2.45) is 0 Å². The SMILES string of the molecule is CC(=O)c1c(C)[nH]c(C(=O)N(C)C(C)c2cccc([N+](=O)[O-])c2)c1C. The van der Waals surface area contributed by atoms with Gasteiger partial charge in [-0.1, -0.05) is 12.1 Å². The number of nitrogens with zero attached hydrogens (tertiary/aromatic N) is 2. The van der Waals surface area contributed by atoms with Gasteiger partial charge in [0.15, 0.2) is 5.78 Å². The van der Waals surface area contributed by atoms with Gasteiger partial charge in [-0.2, -0.15) is 0 Å². The van der Waals surface area contributed by atoms with Gasteiger partial charge in [0, 0.05) is 30.4 Å². The average Bonchev–Trinajstić information content (AvgIpc) is 2.87. The third kappa shape index (κ3) is 3.45. The Balaban J connectivity index is 2.34. The Kier molecular flexibility index (Phi) is 5.06. The van der Waals surface area contributed by atoms with Crippen LogP contribution >= 0.6 is 0 Å². The van der Waals surface area contributed by atoms with Gasteiger partial charge in [0.05, 0.1) is 11.0 Å². The highest BCUT2D eigenvalue weighted by Gasteiger charge is 2.25. The molecule has 0 aliphatic carbocycles. The summed E-state index contributed by atoms with van der Waals surface area (Å²) in [4.78, 5) is 39.5. The van der Waals surface area contributed by atoms with Gasteiger partial charge in [-0.15, -0.1) is 0 Å². The number of aromatic amines is 1. The third-order valence-electron chi connectivity index (χ3n) is 4.47. The van der Waals surface area contributed by atoms with E-state index in [1.165, 1.54) is 24.0 Å². The van der Waals surface area contributed by atoms with Gasteiger partial charge < -0.3 is 9.88 Å². The Labute approximate surface area is 145 Å². The molecule has 132 valence electrons. The molecule has 1 N–H and O–H groups in total. The number of nitrogens with one attached hydrogen (secondary N) is 1. The second kappa shape index (κ2) is 6.88. The summed E-state index contributed by atoms with van der Waals surface area (Å²) in [6, 6.07) is 5.85. The minimum absolute atomic E-state index is 0.0176. The maximum absolute atomic E-state index is 12.8. The van der Waals surface area contributed by atoms with Crippen molar-refractivity contribution in [3.8, 4) is 0 Å². The van der Waals surface area contributed by atoms with Crippen molar-refractivity contribution in [1.82, 2.24) is 9.88 Å². The van der Waals surface area contributed by atoms with E-state index in [1.807, 2.05) is 0 Å². The highest BCUT2D eigenvalue weighted by Crippen LogP contribution is 2.26. The van der Waals surface area contributed by atoms with Crippen LogP contribution in [0.3, 0.4) is 0 Å². The Morgan fingerprint density at radius 1 is 1.28 bits per heavy atom. The molecule has 25 heavy (non-hydrogen) atoms. The van der Waals surface area contributed by atoms with Crippen molar-refractivity contribution in [1.29, 1.82) is 0 Å². The first-order chi connectivity index (χ1) is 11.6. The lowest BCUT2D eigenvalue weighted by Crippen LogP contribution is -2.30. The number of amides is 1. The van der Waals surface area contributed by atoms with Crippen molar-refractivity contribution < 1.29 is 14.5 Å². The second-order valence-electron chi connectivity index (χ2n) is 6.13. The Morgan fingerprint density at radius 3 is 2.44 bits per heavy atom. The van der Waals surface area contributed by atoms with Crippen molar-refractivity contribution in [3.05, 3.63) is 62.5 Å². The van der Waals surface area contributed by atoms with E-state index in [2.05, 4.69) is 4.98 Å². The van der Waals surface area contributed by atoms with Gasteiger partial charge in [0.25, 0.3) is 11.6 Å². The molecule has 1 amide bonds. The summed E-state index contributed by atoms with van der Waals surface area (Å²) < 4.78 is 0. The van der Waals surface area contributed by atoms with Crippen LogP contribution in [0.1, 0.15) is 57.6 Å². The molecule has 0 saturated carbocycles. The molecule has 0 saturated heterocycles. The molecule has 1 unspecified atom stereocenters. The van der Waals surface area contributed by atoms with Gasteiger partial charge in [-0.3, -0.25) is 19.7 Å². The molecule has 0 radical (unpaired) electrons. The van der Waals surface area contributed by atoms with Gasteiger partial charge in [0.2, 0.25) is 0 Å². The predicted molar refractivity (Wildman–Crippen MR) is 93.9 cm³/mol. The molecule has 0 spiro atoms. The van der Waals surface area contributed by atoms with E-state index in [0.717, 1.165) is 0 Å². The average molecular weight is 343 g/mol. The maximum atomic E-state index is 12.8. The number of nitro groups is 1. The number of rotatable bonds is 5. The number of Topliss-reactive ketones (excluding diaryl/α,β-unsaturated/α-hetero) is 1. The minimum atomic E-state index is -0.463. The molecule has 7 nitrogen and oxygen atoms in total. The molecule has 0 aliphatic rings. The number of hydrogen-bond donors (Lipinski definition) is 1. The van der Waals surface area contributed by atoms with Crippen molar-refractivity contribution >= 4 is 17.4 Å². The minimum Gasteiger partial charge on any atom is -0.354 e. The van der Waals surface area contributed by atoms with Crippen molar-refractivity contribution in [2.75, 3.05) is 7.05 Å². The van der Waals surface area contributed by atoms with Gasteiger partial charge >= 0.3 is 0 Å². The highest BCUT2D eigenvalue weighted by atomic mass is 16.6. The molecule has 0 fully saturated rings. The fraction of sp³-hybridized carbons (Fsp3) is 0.333. The van der Waals surface area contributed by atoms with Crippen LogP contribution in [0.2, 0.25) is 0 Å². The fourth-order valence-corrected chi connectivity index (χ4v) is 2.97. The number of carbonyl (C=O) groups is 2. The molecule has 0 bridgehead atoms. The van der Waals surface area contributed by atoms with Crippen LogP contribution in [0.5, 0.6) is 0 Å². The smallest absolute Gasteiger partial charge is 0.270 e. The van der Waals surface area contributed by atoms with Crippen LogP contribution in [-0.2, 0) is 0 Å². The molecule has 7 heteroatoms. The van der Waals surface area contributed by atoms with Crippen LogP contribution in [0.4, 0.5) is 5.69 Å². The molecule has 1 aromatic heterocycles. The molecular formula is C18H21N3O4. The lowest BCUT2D eigenvalue weighted by molar-refractivity contribution is -0.384. The predicted octanol–water partition coefficient (Wildman–Crippen LogP) is 3.58. The monoisotopic (exact) mass is 343 g/mol. The number of aryl methyl sites for hydroxylation is 1. The summed E-state index contributed by atoms with van der Waals surface area (Å²) in [5.74, 6) is -0.369. The number of ketones is 1. The Morgan fingerprint density at radius 2 is 1.92 bits per heavy atom. The standard InChI is InChI=1S/C18H21N3O4/c1-10-16(13(4)22)11(2)19-17(10)18(23)20(5)12(3)14-7-6-8-15(9-14)21(24)25/h6-9,12,19H,1-5H3. The van der Waals surface area contributed by atoms with Gasteiger partial charge in [-0.05, 0) is 38.8 Å². The number of nitro benzene ring substituents is 1. The van der Waals surface area contributed by atoms with E-state index in [9.17, 15) is 19.7 Å². The summed E-state index contributed by atoms with van der Waals surface area (Å²) in [6.45, 7) is 6.75. The third-order valence-corrected chi connectivity index (χ3v) is 4.47. The molecule has 1 aromatic carbocycles. The summed E-state index contributed by atoms with van der Waals surface area (Å²) in [7, 11) is 1.63. The van der Waals surface area contributed by atoms with E-state index in [4.69, 9.17) is 0 Å². The van der Waals surface area contributed by atoms with Crippen LogP contribution in [0.15, 0.2) is 24.3 Å². The molecular weight excluding hydrogens is 322 g/mol. The van der Waals surface area contributed by atoms with Crippen LogP contribution in [-0.4, -0.2) is 33.5 Å². The zero-order valence-corrected chi connectivity index (χ0v) is 14.9. The molecule has 2 aromatic rings. The normalized spacial score (nSPS) is 11.9. The van der Waals surface area contributed by atoms with Crippen molar-refractivity contribution in [2.45, 2.75) is 33.7 Å². The Hall–Kier alpha value is -2.96. The number of aromatic nitrogens is 1. The summed E-state index contributed by atoms with van der Waals surface area (Å²) in [5, 5.41) is 10.9. The van der Waals surface area contributed by atoms with E-state index in [0.29, 0.717) is 28.1 Å². The summed E-state index contributed by atoms with van der Waals surface area (Å²) >= 11 is 0. The molecule has 1 atom stereocenters. The van der Waals surface area contributed by atoms with Gasteiger partial charge in [0.1, 0.15) is 5.69 Å². The number of carbonyl (C=O) groups excluding carboxylic acids is 2. The summed E-state index contributed by atoms with van der Waals surface area (Å²) in [5.41, 5.74) is 2.81. The largest absolute Gasteiger partial charge is 0.354 e. The first-order valence-corrected chi connectivity index (χ1v) is 7.86. The van der Waals surface area contributed by atoms with E-state index < -0.39 is 4.92 Å². The van der Waals surface area contributed by atoms with E-state index >= 15 is 0 Å². The first-order valence-electron chi connectivity index (χ1n) is 7.86. The van der Waals surface area contributed by atoms with Crippen molar-refractivity contribution in [3.63, 3.8) is 0 Å². The number of non-ortho nitro benzene ring substituents is 1. The lowest BCUT2D eigenvalue weighted by Gasteiger charge is -2.25. The van der Waals surface area contributed by atoms with Gasteiger partial charge in [-0.25, -0.2) is 0 Å². The molecule has 1 heterocycles. The molecule has 0 aliphatic heterocycles. The summed E-state index contributed by atoms with van der Waals surface area (Å²) in [6.07, 6.45) is 0. The number of H-pyrrole nitrogens is 1. The number of hydrogen-bond acceptors (Lipinski definition) is 4.